The Labute approximate surface area is 192 Å². The van der Waals surface area contributed by atoms with Gasteiger partial charge < -0.3 is 9.80 Å². The molecule has 1 saturated carbocycles. The summed E-state index contributed by atoms with van der Waals surface area (Å²) >= 11 is 0. The molecule has 168 valence electrons. The second-order valence-corrected chi connectivity index (χ2v) is 8.51. The molecule has 2 aromatic carbocycles. The van der Waals surface area contributed by atoms with Crippen molar-refractivity contribution in [3.63, 3.8) is 0 Å². The van der Waals surface area contributed by atoms with Gasteiger partial charge in [0.25, 0.3) is 0 Å². The van der Waals surface area contributed by atoms with E-state index < -0.39 is 0 Å². The maximum atomic E-state index is 5.01. The van der Waals surface area contributed by atoms with Crippen LogP contribution in [0, 0.1) is 5.92 Å². The smallest absolute Gasteiger partial charge is 0.151 e. The summed E-state index contributed by atoms with van der Waals surface area (Å²) in [4.78, 5) is 9.71. The predicted molar refractivity (Wildman–Crippen MR) is 134 cm³/mol. The molecule has 0 bridgehead atoms. The van der Waals surface area contributed by atoms with Crippen LogP contribution in [-0.2, 0) is 6.42 Å². The third kappa shape index (κ3) is 4.93. The van der Waals surface area contributed by atoms with Gasteiger partial charge in [-0.3, -0.25) is 0 Å². The van der Waals surface area contributed by atoms with Crippen LogP contribution >= 0.6 is 0 Å². The van der Waals surface area contributed by atoms with Crippen molar-refractivity contribution in [1.29, 1.82) is 0 Å². The molecule has 0 unspecified atom stereocenters. The van der Waals surface area contributed by atoms with Gasteiger partial charge in [0, 0.05) is 55.1 Å². The van der Waals surface area contributed by atoms with Crippen LogP contribution in [0.5, 0.6) is 0 Å². The summed E-state index contributed by atoms with van der Waals surface area (Å²) in [6, 6.07) is 17.4. The molecule has 1 heterocycles. The van der Waals surface area contributed by atoms with Crippen LogP contribution in [-0.4, -0.2) is 41.4 Å². The van der Waals surface area contributed by atoms with Gasteiger partial charge >= 0.3 is 0 Å². The van der Waals surface area contributed by atoms with Gasteiger partial charge in [0.15, 0.2) is 5.82 Å². The molecule has 4 rings (SSSR count). The number of nitrogens with zero attached hydrogens (tertiary/aromatic N) is 5. The number of aromatic nitrogens is 3. The lowest BCUT2D eigenvalue weighted by Crippen LogP contribution is -2.21. The van der Waals surface area contributed by atoms with Crippen molar-refractivity contribution in [1.82, 2.24) is 15.2 Å². The highest BCUT2D eigenvalue weighted by molar-refractivity contribution is 5.79. The molecule has 0 N–H and O–H groups in total. The minimum Gasteiger partial charge on any atom is -0.372 e. The van der Waals surface area contributed by atoms with E-state index in [2.05, 4.69) is 96.2 Å². The Kier molecular flexibility index (Phi) is 7.03. The van der Waals surface area contributed by atoms with E-state index in [-0.39, 0.29) is 0 Å². The van der Waals surface area contributed by atoms with E-state index in [4.69, 9.17) is 4.98 Å². The van der Waals surface area contributed by atoms with Crippen LogP contribution in [0.1, 0.15) is 46.4 Å². The van der Waals surface area contributed by atoms with Crippen molar-refractivity contribution in [3.8, 4) is 22.5 Å². The molecular weight excluding hydrogens is 394 g/mol. The summed E-state index contributed by atoms with van der Waals surface area (Å²) in [6.07, 6.45) is 3.50. The van der Waals surface area contributed by atoms with Gasteiger partial charge in [-0.1, -0.05) is 24.3 Å². The highest BCUT2D eigenvalue weighted by atomic mass is 15.2. The van der Waals surface area contributed by atoms with Crippen molar-refractivity contribution < 1.29 is 0 Å². The Morgan fingerprint density at radius 2 is 1.12 bits per heavy atom. The lowest BCUT2D eigenvalue weighted by Gasteiger charge is -2.21. The van der Waals surface area contributed by atoms with Crippen molar-refractivity contribution >= 4 is 11.4 Å². The number of benzene rings is 2. The van der Waals surface area contributed by atoms with Crippen LogP contribution in [0.15, 0.2) is 48.5 Å². The van der Waals surface area contributed by atoms with Gasteiger partial charge in [-0.05, 0) is 70.7 Å². The first-order chi connectivity index (χ1) is 15.7. The largest absolute Gasteiger partial charge is 0.372 e. The number of anilines is 2. The fourth-order valence-electron chi connectivity index (χ4n) is 4.26. The second kappa shape index (κ2) is 10.1. The minimum atomic E-state index is 0.730. The summed E-state index contributed by atoms with van der Waals surface area (Å²) in [6.45, 7) is 12.7. The van der Waals surface area contributed by atoms with Crippen LogP contribution in [0.4, 0.5) is 11.4 Å². The van der Waals surface area contributed by atoms with Gasteiger partial charge in [-0.15, -0.1) is 10.2 Å². The normalized spacial score (nSPS) is 13.2. The molecule has 1 aliphatic rings. The molecule has 1 aromatic heterocycles. The zero-order valence-electron chi connectivity index (χ0n) is 19.9. The van der Waals surface area contributed by atoms with Gasteiger partial charge in [-0.25, -0.2) is 4.98 Å². The Hall–Kier alpha value is -2.95. The Balaban J connectivity index is 1.71. The van der Waals surface area contributed by atoms with E-state index in [1.54, 1.807) is 0 Å². The first-order valence-corrected chi connectivity index (χ1v) is 12.1. The maximum absolute atomic E-state index is 5.01. The fourth-order valence-corrected chi connectivity index (χ4v) is 4.26. The SMILES string of the molecule is CCN(CC)c1ccc(-c2nnc(CC3CC3)nc2-c2ccc(N(CC)CC)cc2)cc1. The Morgan fingerprint density at radius 1 is 0.656 bits per heavy atom. The van der Waals surface area contributed by atoms with Crippen molar-refractivity contribution in [3.05, 3.63) is 54.4 Å². The van der Waals surface area contributed by atoms with E-state index >= 15 is 0 Å². The average molecular weight is 430 g/mol. The molecule has 1 aliphatic carbocycles. The van der Waals surface area contributed by atoms with E-state index in [0.717, 1.165) is 66.9 Å². The van der Waals surface area contributed by atoms with Crippen LogP contribution in [0.25, 0.3) is 22.5 Å². The van der Waals surface area contributed by atoms with E-state index in [9.17, 15) is 0 Å². The number of rotatable bonds is 10. The number of hydrogen-bond acceptors (Lipinski definition) is 5. The fraction of sp³-hybridized carbons (Fsp3) is 0.444. The molecule has 5 heteroatoms. The van der Waals surface area contributed by atoms with E-state index in [0.29, 0.717) is 0 Å². The second-order valence-electron chi connectivity index (χ2n) is 8.51. The molecule has 1 fully saturated rings. The van der Waals surface area contributed by atoms with E-state index in [1.807, 2.05) is 0 Å². The lowest BCUT2D eigenvalue weighted by atomic mass is 10.0. The molecule has 5 nitrogen and oxygen atoms in total. The molecular formula is C27H35N5. The Morgan fingerprint density at radius 3 is 1.56 bits per heavy atom. The van der Waals surface area contributed by atoms with Gasteiger partial charge in [-0.2, -0.15) is 0 Å². The summed E-state index contributed by atoms with van der Waals surface area (Å²) in [5.41, 5.74) is 6.40. The quantitative estimate of drug-likeness (QED) is 0.404. The molecule has 0 spiro atoms. The monoisotopic (exact) mass is 429 g/mol. The first kappa shape index (κ1) is 22.3. The van der Waals surface area contributed by atoms with Gasteiger partial charge in [0.2, 0.25) is 0 Å². The summed E-state index contributed by atoms with van der Waals surface area (Å²) in [5, 5.41) is 9.18. The average Bonchev–Trinajstić information content (AvgIpc) is 3.66. The van der Waals surface area contributed by atoms with Crippen LogP contribution < -0.4 is 9.80 Å². The standard InChI is InChI=1S/C27H35N5/c1-5-31(6-2)23-15-11-21(12-16-23)26-27(30-29-25(28-26)19-20-9-10-20)22-13-17-24(18-14-22)32(7-3)8-4/h11-18,20H,5-10,19H2,1-4H3. The van der Waals surface area contributed by atoms with Gasteiger partial charge in [0.1, 0.15) is 11.4 Å². The number of hydrogen-bond donors (Lipinski definition) is 0. The minimum absolute atomic E-state index is 0.730. The lowest BCUT2D eigenvalue weighted by molar-refractivity contribution is 0.742. The molecule has 3 aromatic rings. The third-order valence-corrected chi connectivity index (χ3v) is 6.44. The predicted octanol–water partition coefficient (Wildman–Crippen LogP) is 5.85. The highest BCUT2D eigenvalue weighted by Gasteiger charge is 2.24. The highest BCUT2D eigenvalue weighted by Crippen LogP contribution is 2.34. The van der Waals surface area contributed by atoms with Crippen molar-refractivity contribution in [2.24, 2.45) is 5.92 Å². The third-order valence-electron chi connectivity index (χ3n) is 6.44. The van der Waals surface area contributed by atoms with Crippen molar-refractivity contribution in [2.75, 3.05) is 36.0 Å². The molecule has 0 atom stereocenters. The molecule has 0 radical (unpaired) electrons. The van der Waals surface area contributed by atoms with Crippen LogP contribution in [0.3, 0.4) is 0 Å². The van der Waals surface area contributed by atoms with Crippen LogP contribution in [0.2, 0.25) is 0 Å². The zero-order chi connectivity index (χ0) is 22.5. The Bertz CT molecular complexity index is 1000. The summed E-state index contributed by atoms with van der Waals surface area (Å²) < 4.78 is 0. The topological polar surface area (TPSA) is 45.2 Å². The molecule has 0 saturated heterocycles. The van der Waals surface area contributed by atoms with Crippen molar-refractivity contribution in [2.45, 2.75) is 47.0 Å². The summed E-state index contributed by atoms with van der Waals surface area (Å²) in [7, 11) is 0. The zero-order valence-corrected chi connectivity index (χ0v) is 19.9. The maximum Gasteiger partial charge on any atom is 0.151 e. The molecule has 0 amide bonds. The first-order valence-electron chi connectivity index (χ1n) is 12.1. The van der Waals surface area contributed by atoms with Gasteiger partial charge in [0.05, 0.1) is 0 Å². The molecule has 32 heavy (non-hydrogen) atoms. The summed E-state index contributed by atoms with van der Waals surface area (Å²) in [5.74, 6) is 1.59. The molecule has 0 aliphatic heterocycles. The van der Waals surface area contributed by atoms with E-state index in [1.165, 1.54) is 24.2 Å².